The SMILES string of the molecule is CCCCCCCCCCc1ccc2cc3c(cc2c1)sc1cc2ccc(CCCCCC)cc2cc13. The summed E-state index contributed by atoms with van der Waals surface area (Å²) >= 11 is 1.95. The van der Waals surface area contributed by atoms with Crippen molar-refractivity contribution in [3.8, 4) is 0 Å². The topological polar surface area (TPSA) is 0 Å². The van der Waals surface area contributed by atoms with Crippen molar-refractivity contribution in [3.63, 3.8) is 0 Å². The Labute approximate surface area is 228 Å². The normalized spacial score (nSPS) is 11.9. The number of aryl methyl sites for hydroxylation is 2. The molecule has 0 saturated heterocycles. The maximum Gasteiger partial charge on any atom is 0.0361 e. The van der Waals surface area contributed by atoms with E-state index < -0.39 is 0 Å². The first kappa shape index (κ1) is 26.2. The van der Waals surface area contributed by atoms with E-state index in [0.717, 1.165) is 0 Å². The van der Waals surface area contributed by atoms with Gasteiger partial charge in [0, 0.05) is 20.2 Å². The summed E-state index contributed by atoms with van der Waals surface area (Å²) in [5.74, 6) is 0. The average Bonchev–Trinajstić information content (AvgIpc) is 3.25. The summed E-state index contributed by atoms with van der Waals surface area (Å²) < 4.78 is 2.83. The fourth-order valence-corrected chi connectivity index (χ4v) is 7.06. The lowest BCUT2D eigenvalue weighted by atomic mass is 9.98. The molecule has 5 aromatic rings. The summed E-state index contributed by atoms with van der Waals surface area (Å²) in [6.07, 6.45) is 18.8. The fourth-order valence-electron chi connectivity index (χ4n) is 5.89. The van der Waals surface area contributed by atoms with Gasteiger partial charge >= 0.3 is 0 Å². The minimum atomic E-state index is 1.20. The third-order valence-corrected chi connectivity index (χ3v) is 9.27. The zero-order chi connectivity index (χ0) is 25.5. The van der Waals surface area contributed by atoms with Gasteiger partial charge in [0.2, 0.25) is 0 Å². The molecule has 0 amide bonds. The molecule has 37 heavy (non-hydrogen) atoms. The van der Waals surface area contributed by atoms with Gasteiger partial charge in [-0.25, -0.2) is 0 Å². The van der Waals surface area contributed by atoms with Gasteiger partial charge in [-0.05, 0) is 82.6 Å². The van der Waals surface area contributed by atoms with Gasteiger partial charge in [-0.1, -0.05) is 114 Å². The molecule has 1 heteroatoms. The van der Waals surface area contributed by atoms with Crippen molar-refractivity contribution in [2.24, 2.45) is 0 Å². The number of thiophene rings is 1. The van der Waals surface area contributed by atoms with Gasteiger partial charge in [0.25, 0.3) is 0 Å². The smallest absolute Gasteiger partial charge is 0.0361 e. The van der Waals surface area contributed by atoms with Crippen molar-refractivity contribution in [3.05, 3.63) is 71.8 Å². The fraction of sp³-hybridized carbons (Fsp3) is 0.444. The highest BCUT2D eigenvalue weighted by molar-refractivity contribution is 7.26. The Morgan fingerprint density at radius 1 is 0.432 bits per heavy atom. The standard InChI is InChI=1S/C36H44S/c1-3-5-7-9-10-11-12-14-16-28-17-19-29-23-33-34-24-31-21-27(15-13-8-6-4-2)18-20-30(31)25-35(34)37-36(33)26-32(29)22-28/h17-26H,3-16H2,1-2H3. The highest BCUT2D eigenvalue weighted by Crippen LogP contribution is 2.39. The Morgan fingerprint density at radius 3 is 1.46 bits per heavy atom. The predicted octanol–water partition coefficient (Wildman–Crippen LogP) is 12.2. The lowest BCUT2D eigenvalue weighted by Crippen LogP contribution is -1.87. The molecule has 0 spiro atoms. The summed E-state index contributed by atoms with van der Waals surface area (Å²) in [5.41, 5.74) is 2.98. The average molecular weight is 509 g/mol. The van der Waals surface area contributed by atoms with E-state index in [1.54, 1.807) is 0 Å². The van der Waals surface area contributed by atoms with Crippen molar-refractivity contribution < 1.29 is 0 Å². The maximum absolute atomic E-state index is 2.45. The summed E-state index contributed by atoms with van der Waals surface area (Å²) in [4.78, 5) is 0. The van der Waals surface area contributed by atoms with Crippen molar-refractivity contribution >= 4 is 53.1 Å². The molecule has 0 fully saturated rings. The highest BCUT2D eigenvalue weighted by atomic mass is 32.1. The first-order valence-electron chi connectivity index (χ1n) is 15.1. The van der Waals surface area contributed by atoms with Crippen LogP contribution in [0.25, 0.3) is 41.7 Å². The molecule has 0 aliphatic carbocycles. The summed E-state index contributed by atoms with van der Waals surface area (Å²) in [6, 6.07) is 24.0. The Morgan fingerprint density at radius 2 is 0.865 bits per heavy atom. The number of benzene rings is 4. The lowest BCUT2D eigenvalue weighted by molar-refractivity contribution is 0.575. The van der Waals surface area contributed by atoms with E-state index in [1.807, 2.05) is 11.3 Å². The van der Waals surface area contributed by atoms with Gasteiger partial charge in [-0.3, -0.25) is 0 Å². The molecule has 0 unspecified atom stereocenters. The first-order chi connectivity index (χ1) is 18.2. The monoisotopic (exact) mass is 508 g/mol. The van der Waals surface area contributed by atoms with Crippen LogP contribution >= 0.6 is 11.3 Å². The second kappa shape index (κ2) is 12.9. The molecule has 4 aromatic carbocycles. The molecule has 0 atom stereocenters. The van der Waals surface area contributed by atoms with Gasteiger partial charge < -0.3 is 0 Å². The third-order valence-electron chi connectivity index (χ3n) is 8.15. The third kappa shape index (κ3) is 6.55. The van der Waals surface area contributed by atoms with Gasteiger partial charge in [0.15, 0.2) is 0 Å². The van der Waals surface area contributed by atoms with Crippen LogP contribution in [0, 0.1) is 0 Å². The second-order valence-electron chi connectivity index (χ2n) is 11.2. The molecule has 0 nitrogen and oxygen atoms in total. The van der Waals surface area contributed by atoms with Gasteiger partial charge in [0.05, 0.1) is 0 Å². The van der Waals surface area contributed by atoms with E-state index in [4.69, 9.17) is 0 Å². The number of hydrogen-bond acceptors (Lipinski definition) is 1. The van der Waals surface area contributed by atoms with Gasteiger partial charge in [0.1, 0.15) is 0 Å². The van der Waals surface area contributed by atoms with Crippen LogP contribution in [0.5, 0.6) is 0 Å². The number of unbranched alkanes of at least 4 members (excludes halogenated alkanes) is 10. The Balaban J connectivity index is 1.31. The van der Waals surface area contributed by atoms with E-state index in [0.29, 0.717) is 0 Å². The number of hydrogen-bond donors (Lipinski definition) is 0. The van der Waals surface area contributed by atoms with Crippen molar-refractivity contribution in [2.75, 3.05) is 0 Å². The zero-order valence-corrected chi connectivity index (χ0v) is 23.9. The molecule has 0 bridgehead atoms. The van der Waals surface area contributed by atoms with Crippen LogP contribution in [0.15, 0.2) is 60.7 Å². The second-order valence-corrected chi connectivity index (χ2v) is 12.3. The first-order valence-corrected chi connectivity index (χ1v) is 15.9. The van der Waals surface area contributed by atoms with Crippen LogP contribution in [0.1, 0.15) is 102 Å². The molecule has 0 saturated carbocycles. The van der Waals surface area contributed by atoms with Crippen LogP contribution in [0.2, 0.25) is 0 Å². The molecule has 0 radical (unpaired) electrons. The van der Waals surface area contributed by atoms with Crippen molar-refractivity contribution in [2.45, 2.75) is 104 Å². The van der Waals surface area contributed by atoms with E-state index >= 15 is 0 Å². The van der Waals surface area contributed by atoms with Crippen LogP contribution < -0.4 is 0 Å². The predicted molar refractivity (Wildman–Crippen MR) is 169 cm³/mol. The molecule has 0 aliphatic rings. The Kier molecular flexibility index (Phi) is 9.16. The zero-order valence-electron chi connectivity index (χ0n) is 23.1. The van der Waals surface area contributed by atoms with E-state index in [9.17, 15) is 0 Å². The van der Waals surface area contributed by atoms with E-state index in [1.165, 1.54) is 143 Å². The van der Waals surface area contributed by atoms with E-state index in [-0.39, 0.29) is 0 Å². The summed E-state index contributed by atoms with van der Waals surface area (Å²) in [5, 5.41) is 8.36. The van der Waals surface area contributed by atoms with Crippen LogP contribution in [0.3, 0.4) is 0 Å². The van der Waals surface area contributed by atoms with Crippen molar-refractivity contribution in [1.82, 2.24) is 0 Å². The molecule has 5 rings (SSSR count). The van der Waals surface area contributed by atoms with Crippen LogP contribution in [-0.4, -0.2) is 0 Å². The molecule has 1 aromatic heterocycles. The van der Waals surface area contributed by atoms with Gasteiger partial charge in [-0.2, -0.15) is 0 Å². The van der Waals surface area contributed by atoms with Crippen LogP contribution in [-0.2, 0) is 12.8 Å². The van der Waals surface area contributed by atoms with E-state index in [2.05, 4.69) is 74.5 Å². The Bertz CT molecular complexity index is 1450. The molecular weight excluding hydrogens is 464 g/mol. The molecule has 0 N–H and O–H groups in total. The Hall–Kier alpha value is -2.38. The maximum atomic E-state index is 2.45. The minimum absolute atomic E-state index is 1.20. The van der Waals surface area contributed by atoms with Gasteiger partial charge in [-0.15, -0.1) is 11.3 Å². The molecule has 1 heterocycles. The number of fused-ring (bicyclic) bond motifs is 5. The molecule has 0 aliphatic heterocycles. The highest BCUT2D eigenvalue weighted by Gasteiger charge is 2.09. The summed E-state index contributed by atoms with van der Waals surface area (Å²) in [7, 11) is 0. The number of rotatable bonds is 14. The molecule has 194 valence electrons. The van der Waals surface area contributed by atoms with Crippen molar-refractivity contribution in [1.29, 1.82) is 0 Å². The lowest BCUT2D eigenvalue weighted by Gasteiger charge is -2.06. The summed E-state index contributed by atoms with van der Waals surface area (Å²) in [6.45, 7) is 4.58. The quantitative estimate of drug-likeness (QED) is 0.131. The molecular formula is C36H44S. The largest absolute Gasteiger partial charge is 0.135 e. The minimum Gasteiger partial charge on any atom is -0.135 e. The van der Waals surface area contributed by atoms with Crippen LogP contribution in [0.4, 0.5) is 0 Å².